The van der Waals surface area contributed by atoms with Gasteiger partial charge in [0, 0.05) is 25.7 Å². The number of esters is 4. The number of phosphoric acid groups is 2. The zero-order chi connectivity index (χ0) is 71.6. The summed E-state index contributed by atoms with van der Waals surface area (Å²) in [5.74, 6) is 0.113. The molecule has 0 saturated carbocycles. The second kappa shape index (κ2) is 68.5. The molecule has 0 aromatic rings. The zero-order valence-corrected chi connectivity index (χ0v) is 65.3. The number of carbonyl (C=O) groups excluding carboxylic acids is 4. The molecule has 0 saturated heterocycles. The molecule has 0 amide bonds. The lowest BCUT2D eigenvalue weighted by Gasteiger charge is -2.21. The van der Waals surface area contributed by atoms with Crippen LogP contribution in [-0.4, -0.2) is 96.7 Å². The van der Waals surface area contributed by atoms with Crippen molar-refractivity contribution >= 4 is 39.5 Å². The van der Waals surface area contributed by atoms with E-state index in [0.717, 1.165) is 108 Å². The summed E-state index contributed by atoms with van der Waals surface area (Å²) in [4.78, 5) is 72.8. The van der Waals surface area contributed by atoms with Crippen LogP contribution < -0.4 is 0 Å². The van der Waals surface area contributed by atoms with Gasteiger partial charge in [0.15, 0.2) is 12.2 Å². The maximum atomic E-state index is 13.1. The monoisotopic (exact) mass is 1420 g/mol. The number of phosphoric ester groups is 2. The van der Waals surface area contributed by atoms with Crippen molar-refractivity contribution in [1.82, 2.24) is 0 Å². The lowest BCUT2D eigenvalue weighted by molar-refractivity contribution is -0.161. The molecule has 576 valence electrons. The maximum Gasteiger partial charge on any atom is 0.472 e. The van der Waals surface area contributed by atoms with Crippen LogP contribution in [0.25, 0.3) is 0 Å². The number of unbranched alkanes of at least 4 members (excludes halogenated alkanes) is 43. The molecule has 0 aliphatic heterocycles. The van der Waals surface area contributed by atoms with E-state index in [1.807, 2.05) is 0 Å². The highest BCUT2D eigenvalue weighted by Crippen LogP contribution is 2.45. The summed E-state index contributed by atoms with van der Waals surface area (Å²) in [6.45, 7) is 11.8. The molecule has 19 heteroatoms. The second-order valence-electron chi connectivity index (χ2n) is 29.3. The molecular formula is C78H152O17P2. The first-order valence-electron chi connectivity index (χ1n) is 40.4. The number of carbonyl (C=O) groups is 4. The second-order valence-corrected chi connectivity index (χ2v) is 32.2. The molecule has 0 aliphatic rings. The molecular weight excluding hydrogens is 1270 g/mol. The van der Waals surface area contributed by atoms with Gasteiger partial charge in [-0.1, -0.05) is 350 Å². The molecule has 3 unspecified atom stereocenters. The summed E-state index contributed by atoms with van der Waals surface area (Å²) in [6.07, 6.45) is 55.7. The molecule has 97 heavy (non-hydrogen) atoms. The van der Waals surface area contributed by atoms with Crippen molar-refractivity contribution in [2.45, 2.75) is 420 Å². The minimum atomic E-state index is -4.96. The molecule has 3 N–H and O–H groups in total. The Balaban J connectivity index is 5.19. The molecule has 0 rings (SSSR count). The zero-order valence-electron chi connectivity index (χ0n) is 63.5. The number of hydrogen-bond acceptors (Lipinski definition) is 15. The van der Waals surface area contributed by atoms with Gasteiger partial charge in [0.1, 0.15) is 19.3 Å². The van der Waals surface area contributed by atoms with Crippen molar-refractivity contribution in [2.75, 3.05) is 39.6 Å². The van der Waals surface area contributed by atoms with Gasteiger partial charge in [0.25, 0.3) is 0 Å². The Hall–Kier alpha value is -1.94. The minimum absolute atomic E-state index is 0.104. The van der Waals surface area contributed by atoms with Gasteiger partial charge in [-0.05, 0) is 43.4 Å². The van der Waals surface area contributed by atoms with Crippen LogP contribution >= 0.6 is 15.6 Å². The average Bonchev–Trinajstić information content (AvgIpc) is 1.03. The molecule has 17 nitrogen and oxygen atoms in total. The fourth-order valence-corrected chi connectivity index (χ4v) is 13.5. The summed E-state index contributed by atoms with van der Waals surface area (Å²) in [5.41, 5.74) is 0. The Labute approximate surface area is 594 Å². The van der Waals surface area contributed by atoms with Crippen molar-refractivity contribution in [3.63, 3.8) is 0 Å². The summed E-state index contributed by atoms with van der Waals surface area (Å²) in [6, 6.07) is 0. The van der Waals surface area contributed by atoms with Crippen molar-refractivity contribution < 1.29 is 80.2 Å². The Morgan fingerprint density at radius 1 is 0.299 bits per heavy atom. The highest BCUT2D eigenvalue weighted by molar-refractivity contribution is 7.47. The smallest absolute Gasteiger partial charge is 0.462 e. The Kier molecular flexibility index (Phi) is 67.1. The lowest BCUT2D eigenvalue weighted by atomic mass is 9.99. The van der Waals surface area contributed by atoms with Crippen LogP contribution in [0, 0.1) is 17.8 Å². The van der Waals surface area contributed by atoms with Gasteiger partial charge in [-0.3, -0.25) is 37.3 Å². The van der Waals surface area contributed by atoms with Gasteiger partial charge in [0.05, 0.1) is 26.4 Å². The van der Waals surface area contributed by atoms with Gasteiger partial charge < -0.3 is 33.8 Å². The fourth-order valence-electron chi connectivity index (χ4n) is 11.9. The van der Waals surface area contributed by atoms with Gasteiger partial charge in [-0.25, -0.2) is 9.13 Å². The van der Waals surface area contributed by atoms with Crippen LogP contribution in [0.1, 0.15) is 402 Å². The largest absolute Gasteiger partial charge is 0.472 e. The molecule has 0 aromatic heterocycles. The van der Waals surface area contributed by atoms with E-state index in [-0.39, 0.29) is 25.7 Å². The summed E-state index contributed by atoms with van der Waals surface area (Å²) in [7, 11) is -9.91. The van der Waals surface area contributed by atoms with Crippen LogP contribution in [0.4, 0.5) is 0 Å². The quantitative estimate of drug-likeness (QED) is 0.0222. The Bertz CT molecular complexity index is 1890. The molecule has 0 fully saturated rings. The van der Waals surface area contributed by atoms with Gasteiger partial charge in [-0.2, -0.15) is 0 Å². The number of ether oxygens (including phenoxy) is 4. The Morgan fingerprint density at radius 2 is 0.526 bits per heavy atom. The third kappa shape index (κ3) is 70.9. The minimum Gasteiger partial charge on any atom is -0.462 e. The van der Waals surface area contributed by atoms with Gasteiger partial charge >= 0.3 is 39.5 Å². The highest BCUT2D eigenvalue weighted by atomic mass is 31.2. The van der Waals surface area contributed by atoms with Crippen molar-refractivity contribution in [2.24, 2.45) is 17.8 Å². The first-order valence-corrected chi connectivity index (χ1v) is 43.4. The van der Waals surface area contributed by atoms with E-state index in [2.05, 4.69) is 48.5 Å². The number of rotatable bonds is 76. The topological polar surface area (TPSA) is 237 Å². The summed E-state index contributed by atoms with van der Waals surface area (Å²) in [5, 5.41) is 10.6. The summed E-state index contributed by atoms with van der Waals surface area (Å²) < 4.78 is 68.5. The van der Waals surface area contributed by atoms with E-state index < -0.39 is 97.5 Å². The normalized spacial score (nSPS) is 14.3. The standard InChI is InChI=1S/C78H152O17P2/c1-8-10-11-12-13-14-15-16-17-18-19-20-21-22-23-24-25-26-31-39-47-54-61-77(82)94-73(65-88-75(80)59-52-45-38-30-28-27-29-35-42-49-56-69(3)4)67-92-96(84,85)90-63-72(79)64-91-97(86,87)93-68-74(66-89-76(81)60-53-46-41-34-36-43-50-57-70(5)6)95-78(83)62-55-48-40-33-32-37-44-51-58-71(7)9-2/h69-74,79H,8-68H2,1-7H3,(H,84,85)(H,86,87)/t71?,72-,73-,74-/m1/s1. The van der Waals surface area contributed by atoms with E-state index in [1.165, 1.54) is 205 Å². The first-order chi connectivity index (χ1) is 46.8. The van der Waals surface area contributed by atoms with Crippen molar-refractivity contribution in [3.05, 3.63) is 0 Å². The molecule has 0 aromatic carbocycles. The van der Waals surface area contributed by atoms with E-state index in [9.17, 15) is 43.2 Å². The van der Waals surface area contributed by atoms with E-state index in [0.29, 0.717) is 31.6 Å². The van der Waals surface area contributed by atoms with Crippen LogP contribution in [0.3, 0.4) is 0 Å². The van der Waals surface area contributed by atoms with Crippen LogP contribution in [0.2, 0.25) is 0 Å². The first kappa shape index (κ1) is 95.1. The highest BCUT2D eigenvalue weighted by Gasteiger charge is 2.30. The average molecular weight is 1420 g/mol. The van der Waals surface area contributed by atoms with E-state index in [1.54, 1.807) is 0 Å². The molecule has 6 atom stereocenters. The van der Waals surface area contributed by atoms with Crippen molar-refractivity contribution in [1.29, 1.82) is 0 Å². The number of hydrogen-bond donors (Lipinski definition) is 3. The fraction of sp³-hybridized carbons (Fsp3) is 0.949. The molecule has 0 aliphatic carbocycles. The van der Waals surface area contributed by atoms with E-state index >= 15 is 0 Å². The number of aliphatic hydroxyl groups is 1. The van der Waals surface area contributed by atoms with Crippen LogP contribution in [0.15, 0.2) is 0 Å². The van der Waals surface area contributed by atoms with Crippen LogP contribution in [0.5, 0.6) is 0 Å². The van der Waals surface area contributed by atoms with Crippen molar-refractivity contribution in [3.8, 4) is 0 Å². The molecule has 0 radical (unpaired) electrons. The lowest BCUT2D eigenvalue weighted by Crippen LogP contribution is -2.30. The predicted molar refractivity (Wildman–Crippen MR) is 395 cm³/mol. The predicted octanol–water partition coefficient (Wildman–Crippen LogP) is 23.0. The van der Waals surface area contributed by atoms with E-state index in [4.69, 9.17) is 37.0 Å². The molecule has 0 bridgehead atoms. The third-order valence-corrected chi connectivity index (χ3v) is 20.4. The maximum absolute atomic E-state index is 13.1. The SMILES string of the molecule is CCCCCCCCCCCCCCCCCCCCCCCCC(=O)O[C@H](COC(=O)CCCCCCCCCCCCC(C)C)COP(=O)(O)OC[C@@H](O)COP(=O)(O)OC[C@@H](COC(=O)CCCCCCCCCC(C)C)OC(=O)CCCCCCCCCCC(C)CC. The molecule has 0 spiro atoms. The van der Waals surface area contributed by atoms with Gasteiger partial charge in [0.2, 0.25) is 0 Å². The molecule has 0 heterocycles. The Morgan fingerprint density at radius 3 is 0.784 bits per heavy atom. The van der Waals surface area contributed by atoms with Crippen LogP contribution in [-0.2, 0) is 65.4 Å². The van der Waals surface area contributed by atoms with Gasteiger partial charge in [-0.15, -0.1) is 0 Å². The summed E-state index contributed by atoms with van der Waals surface area (Å²) >= 11 is 0. The number of aliphatic hydroxyl groups excluding tert-OH is 1. The third-order valence-electron chi connectivity index (χ3n) is 18.5.